The van der Waals surface area contributed by atoms with Gasteiger partial charge in [0, 0.05) is 17.0 Å². The molecule has 0 aliphatic rings. The molecule has 0 aliphatic carbocycles. The highest BCUT2D eigenvalue weighted by Crippen LogP contribution is 2.22. The van der Waals surface area contributed by atoms with Crippen molar-refractivity contribution in [1.29, 1.82) is 0 Å². The SMILES string of the molecule is CCC(C(=O)NC(C)(C)C)N(Cc1ccc(OC)cc1)C(=O)CSc1ccc(C)cc1. The maximum atomic E-state index is 13.3. The van der Waals surface area contributed by atoms with Crippen molar-refractivity contribution >= 4 is 23.6 Å². The third-order valence-corrected chi connectivity index (χ3v) is 5.78. The van der Waals surface area contributed by atoms with Gasteiger partial charge < -0.3 is 15.0 Å². The number of ether oxygens (including phenoxy) is 1. The zero-order chi connectivity index (χ0) is 23.0. The highest BCUT2D eigenvalue weighted by molar-refractivity contribution is 8.00. The minimum Gasteiger partial charge on any atom is -0.497 e. The van der Waals surface area contributed by atoms with Crippen molar-refractivity contribution in [2.75, 3.05) is 12.9 Å². The van der Waals surface area contributed by atoms with E-state index in [1.807, 2.05) is 83.1 Å². The molecule has 0 bridgehead atoms. The van der Waals surface area contributed by atoms with Gasteiger partial charge in [-0.05, 0) is 63.9 Å². The Balaban J connectivity index is 2.22. The van der Waals surface area contributed by atoms with Gasteiger partial charge in [0.1, 0.15) is 11.8 Å². The number of amides is 2. The lowest BCUT2D eigenvalue weighted by Gasteiger charge is -2.33. The first-order valence-corrected chi connectivity index (χ1v) is 11.6. The van der Waals surface area contributed by atoms with E-state index >= 15 is 0 Å². The van der Waals surface area contributed by atoms with Crippen molar-refractivity contribution in [3.05, 3.63) is 59.7 Å². The van der Waals surface area contributed by atoms with Crippen molar-refractivity contribution in [1.82, 2.24) is 10.2 Å². The molecule has 0 aromatic heterocycles. The molecule has 0 saturated carbocycles. The maximum Gasteiger partial charge on any atom is 0.243 e. The number of benzene rings is 2. The summed E-state index contributed by atoms with van der Waals surface area (Å²) in [7, 11) is 1.62. The third-order valence-electron chi connectivity index (χ3n) is 4.78. The van der Waals surface area contributed by atoms with Crippen LogP contribution in [0.2, 0.25) is 0 Å². The van der Waals surface area contributed by atoms with Gasteiger partial charge in [0.25, 0.3) is 0 Å². The number of methoxy groups -OCH3 is 1. The number of carbonyl (C=O) groups is 2. The fourth-order valence-corrected chi connectivity index (χ4v) is 3.95. The van der Waals surface area contributed by atoms with Crippen LogP contribution >= 0.6 is 11.8 Å². The molecule has 31 heavy (non-hydrogen) atoms. The largest absolute Gasteiger partial charge is 0.497 e. The first kappa shape index (κ1) is 24.8. The van der Waals surface area contributed by atoms with E-state index in [0.29, 0.717) is 13.0 Å². The number of hydrogen-bond acceptors (Lipinski definition) is 4. The number of hydrogen-bond donors (Lipinski definition) is 1. The van der Waals surface area contributed by atoms with E-state index in [-0.39, 0.29) is 23.1 Å². The Kier molecular flexibility index (Phi) is 8.99. The second kappa shape index (κ2) is 11.2. The minimum absolute atomic E-state index is 0.0581. The molecular formula is C25H34N2O3S. The van der Waals surface area contributed by atoms with Crippen molar-refractivity contribution in [2.24, 2.45) is 0 Å². The Morgan fingerprint density at radius 2 is 1.68 bits per heavy atom. The number of nitrogens with one attached hydrogen (secondary N) is 1. The zero-order valence-electron chi connectivity index (χ0n) is 19.4. The van der Waals surface area contributed by atoms with Gasteiger partial charge in [-0.1, -0.05) is 36.8 Å². The number of aryl methyl sites for hydroxylation is 1. The Morgan fingerprint density at radius 1 is 1.06 bits per heavy atom. The normalized spacial score (nSPS) is 12.2. The molecular weight excluding hydrogens is 408 g/mol. The molecule has 0 fully saturated rings. The number of thioether (sulfide) groups is 1. The van der Waals surface area contributed by atoms with Crippen LogP contribution in [0.25, 0.3) is 0 Å². The Labute approximate surface area is 190 Å². The van der Waals surface area contributed by atoms with Crippen molar-refractivity contribution in [2.45, 2.75) is 64.1 Å². The highest BCUT2D eigenvalue weighted by atomic mass is 32.2. The fraction of sp³-hybridized carbons (Fsp3) is 0.440. The van der Waals surface area contributed by atoms with Crippen molar-refractivity contribution in [3.63, 3.8) is 0 Å². The van der Waals surface area contributed by atoms with Crippen LogP contribution in [0.5, 0.6) is 5.75 Å². The summed E-state index contributed by atoms with van der Waals surface area (Å²) in [6.07, 6.45) is 0.541. The van der Waals surface area contributed by atoms with E-state index in [2.05, 4.69) is 5.32 Å². The number of carbonyl (C=O) groups excluding carboxylic acids is 2. The summed E-state index contributed by atoms with van der Waals surface area (Å²) in [5, 5.41) is 3.03. The summed E-state index contributed by atoms with van der Waals surface area (Å²) in [6, 6.07) is 15.2. The molecule has 0 saturated heterocycles. The molecule has 168 valence electrons. The molecule has 0 aliphatic heterocycles. The van der Waals surface area contributed by atoms with Gasteiger partial charge in [-0.2, -0.15) is 0 Å². The van der Waals surface area contributed by atoms with Crippen LogP contribution in [0.1, 0.15) is 45.2 Å². The molecule has 2 amide bonds. The van der Waals surface area contributed by atoms with Crippen molar-refractivity contribution < 1.29 is 14.3 Å². The lowest BCUT2D eigenvalue weighted by molar-refractivity contribution is -0.140. The predicted molar refractivity (Wildman–Crippen MR) is 127 cm³/mol. The average Bonchev–Trinajstić information content (AvgIpc) is 2.72. The topological polar surface area (TPSA) is 58.6 Å². The van der Waals surface area contributed by atoms with E-state index in [1.165, 1.54) is 17.3 Å². The van der Waals surface area contributed by atoms with E-state index in [0.717, 1.165) is 16.2 Å². The first-order chi connectivity index (χ1) is 14.6. The van der Waals surface area contributed by atoms with Crippen LogP contribution in [-0.2, 0) is 16.1 Å². The Hall–Kier alpha value is -2.47. The lowest BCUT2D eigenvalue weighted by atomic mass is 10.1. The van der Waals surface area contributed by atoms with E-state index in [4.69, 9.17) is 4.74 Å². The summed E-state index contributed by atoms with van der Waals surface area (Å²) in [4.78, 5) is 29.0. The maximum absolute atomic E-state index is 13.3. The average molecular weight is 443 g/mol. The molecule has 0 radical (unpaired) electrons. The minimum atomic E-state index is -0.535. The smallest absolute Gasteiger partial charge is 0.243 e. The van der Waals surface area contributed by atoms with Gasteiger partial charge in [0.2, 0.25) is 11.8 Å². The number of nitrogens with zero attached hydrogens (tertiary/aromatic N) is 1. The molecule has 0 spiro atoms. The molecule has 0 heterocycles. The molecule has 2 aromatic carbocycles. The molecule has 1 N–H and O–H groups in total. The van der Waals surface area contributed by atoms with Gasteiger partial charge in [0.15, 0.2) is 0 Å². The summed E-state index contributed by atoms with van der Waals surface area (Å²) in [5.41, 5.74) is 1.77. The second-order valence-corrected chi connectivity index (χ2v) is 9.68. The van der Waals surface area contributed by atoms with Gasteiger partial charge in [0.05, 0.1) is 12.9 Å². The summed E-state index contributed by atoms with van der Waals surface area (Å²) in [5.74, 6) is 0.849. The van der Waals surface area contributed by atoms with Crippen molar-refractivity contribution in [3.8, 4) is 5.75 Å². The summed E-state index contributed by atoms with van der Waals surface area (Å²) in [6.45, 7) is 10.2. The van der Waals surface area contributed by atoms with Gasteiger partial charge in [-0.3, -0.25) is 9.59 Å². The standard InChI is InChI=1S/C25H34N2O3S/c1-7-22(24(29)26-25(3,4)5)27(16-19-10-12-20(30-6)13-11-19)23(28)17-31-21-14-8-18(2)9-15-21/h8-15,22H,7,16-17H2,1-6H3,(H,26,29). The molecule has 1 atom stereocenters. The van der Waals surface area contributed by atoms with Crippen LogP contribution in [0.4, 0.5) is 0 Å². The highest BCUT2D eigenvalue weighted by Gasteiger charge is 2.30. The number of rotatable bonds is 9. The Bertz CT molecular complexity index is 858. The van der Waals surface area contributed by atoms with Gasteiger partial charge in [-0.15, -0.1) is 11.8 Å². The van der Waals surface area contributed by atoms with Gasteiger partial charge >= 0.3 is 0 Å². The van der Waals surface area contributed by atoms with E-state index in [9.17, 15) is 9.59 Å². The van der Waals surface area contributed by atoms with Crippen LogP contribution in [0, 0.1) is 6.92 Å². The third kappa shape index (κ3) is 7.94. The zero-order valence-corrected chi connectivity index (χ0v) is 20.2. The van der Waals surface area contributed by atoms with E-state index in [1.54, 1.807) is 12.0 Å². The molecule has 1 unspecified atom stereocenters. The second-order valence-electron chi connectivity index (χ2n) is 8.63. The summed E-state index contributed by atoms with van der Waals surface area (Å²) < 4.78 is 5.23. The van der Waals surface area contributed by atoms with Crippen LogP contribution < -0.4 is 10.1 Å². The predicted octanol–water partition coefficient (Wildman–Crippen LogP) is 4.82. The lowest BCUT2D eigenvalue weighted by Crippen LogP contribution is -2.53. The van der Waals surface area contributed by atoms with Crippen LogP contribution in [0.3, 0.4) is 0 Å². The van der Waals surface area contributed by atoms with E-state index < -0.39 is 6.04 Å². The molecule has 2 aromatic rings. The quantitative estimate of drug-likeness (QED) is 0.566. The Morgan fingerprint density at radius 3 is 2.19 bits per heavy atom. The van der Waals surface area contributed by atoms with Gasteiger partial charge in [-0.25, -0.2) is 0 Å². The monoisotopic (exact) mass is 442 g/mol. The fourth-order valence-electron chi connectivity index (χ4n) is 3.16. The van der Waals surface area contributed by atoms with Crippen LogP contribution in [-0.4, -0.2) is 41.2 Å². The molecule has 5 nitrogen and oxygen atoms in total. The molecule has 6 heteroatoms. The first-order valence-electron chi connectivity index (χ1n) is 10.6. The molecule has 2 rings (SSSR count). The van der Waals surface area contributed by atoms with Crippen LogP contribution in [0.15, 0.2) is 53.4 Å². The summed E-state index contributed by atoms with van der Waals surface area (Å²) >= 11 is 1.49.